The van der Waals surface area contributed by atoms with Gasteiger partial charge in [-0.25, -0.2) is 9.97 Å². The Bertz CT molecular complexity index is 680. The van der Waals surface area contributed by atoms with E-state index in [1.165, 1.54) is 7.11 Å². The summed E-state index contributed by atoms with van der Waals surface area (Å²) in [5, 5.41) is 0.365. The van der Waals surface area contributed by atoms with Gasteiger partial charge in [0.25, 0.3) is 0 Å². The number of aromatic nitrogens is 4. The summed E-state index contributed by atoms with van der Waals surface area (Å²) in [6.45, 7) is 0. The fourth-order valence-corrected chi connectivity index (χ4v) is 3.30. The highest BCUT2D eigenvalue weighted by Gasteiger charge is 2.28. The number of esters is 1. The van der Waals surface area contributed by atoms with Crippen molar-refractivity contribution >= 4 is 40.3 Å². The van der Waals surface area contributed by atoms with Crippen LogP contribution in [0.5, 0.6) is 0 Å². The number of nitrogens with zero attached hydrogens (tertiary/aromatic N) is 4. The second kappa shape index (κ2) is 5.77. The molecule has 1 fully saturated rings. The first-order valence-electron chi connectivity index (χ1n) is 6.73. The number of carbonyl (C=O) groups is 1. The van der Waals surface area contributed by atoms with Crippen LogP contribution in [0.1, 0.15) is 31.7 Å². The van der Waals surface area contributed by atoms with Crippen LogP contribution in [0.2, 0.25) is 10.4 Å². The first-order valence-corrected chi connectivity index (χ1v) is 7.49. The van der Waals surface area contributed by atoms with Crippen LogP contribution in [0.3, 0.4) is 0 Å². The van der Waals surface area contributed by atoms with Crippen molar-refractivity contribution in [2.45, 2.75) is 31.7 Å². The molecule has 1 aliphatic carbocycles. The SMILES string of the molecule is COC(=O)C1CCC(n2cnc3c(Cl)nc(Cl)nc32)CC1. The van der Waals surface area contributed by atoms with E-state index >= 15 is 0 Å². The van der Waals surface area contributed by atoms with Gasteiger partial charge >= 0.3 is 5.97 Å². The minimum Gasteiger partial charge on any atom is -0.469 e. The number of methoxy groups -OCH3 is 1. The largest absolute Gasteiger partial charge is 0.469 e. The lowest BCUT2D eigenvalue weighted by molar-refractivity contribution is -0.146. The zero-order valence-electron chi connectivity index (χ0n) is 11.4. The highest BCUT2D eigenvalue weighted by Crippen LogP contribution is 2.35. The van der Waals surface area contributed by atoms with E-state index in [0.29, 0.717) is 11.2 Å². The Morgan fingerprint density at radius 1 is 1.29 bits per heavy atom. The Morgan fingerprint density at radius 3 is 2.67 bits per heavy atom. The summed E-state index contributed by atoms with van der Waals surface area (Å²) >= 11 is 11.9. The Labute approximate surface area is 131 Å². The van der Waals surface area contributed by atoms with E-state index in [-0.39, 0.29) is 28.4 Å². The number of ether oxygens (including phenoxy) is 1. The Morgan fingerprint density at radius 2 is 2.00 bits per heavy atom. The lowest BCUT2D eigenvalue weighted by atomic mass is 9.86. The molecule has 0 radical (unpaired) electrons. The Kier molecular flexibility index (Phi) is 3.99. The predicted octanol–water partition coefficient (Wildman–Crippen LogP) is 3.04. The van der Waals surface area contributed by atoms with Crippen molar-refractivity contribution in [1.29, 1.82) is 0 Å². The predicted molar refractivity (Wildman–Crippen MR) is 78.4 cm³/mol. The molecule has 2 heterocycles. The molecular formula is C13H14Cl2N4O2. The average molecular weight is 329 g/mol. The third kappa shape index (κ3) is 2.70. The molecule has 0 aliphatic heterocycles. The van der Waals surface area contributed by atoms with Crippen molar-refractivity contribution in [3.8, 4) is 0 Å². The van der Waals surface area contributed by atoms with Gasteiger partial charge in [-0.15, -0.1) is 0 Å². The second-order valence-electron chi connectivity index (χ2n) is 5.14. The van der Waals surface area contributed by atoms with E-state index in [1.807, 2.05) is 4.57 Å². The van der Waals surface area contributed by atoms with Gasteiger partial charge in [0.05, 0.1) is 19.4 Å². The number of fused-ring (bicyclic) bond motifs is 1. The molecule has 0 aromatic carbocycles. The molecule has 2 aromatic rings. The molecule has 0 N–H and O–H groups in total. The monoisotopic (exact) mass is 328 g/mol. The Balaban J connectivity index is 1.84. The number of carbonyl (C=O) groups excluding carboxylic acids is 1. The summed E-state index contributed by atoms with van der Waals surface area (Å²) in [7, 11) is 1.43. The number of imidazole rings is 1. The van der Waals surface area contributed by atoms with Crippen molar-refractivity contribution in [2.75, 3.05) is 7.11 Å². The van der Waals surface area contributed by atoms with E-state index < -0.39 is 0 Å². The van der Waals surface area contributed by atoms with Gasteiger partial charge in [0.2, 0.25) is 5.28 Å². The number of hydrogen-bond donors (Lipinski definition) is 0. The van der Waals surface area contributed by atoms with Gasteiger partial charge in [-0.3, -0.25) is 4.79 Å². The van der Waals surface area contributed by atoms with Crippen molar-refractivity contribution in [1.82, 2.24) is 19.5 Å². The van der Waals surface area contributed by atoms with Crippen LogP contribution in [-0.4, -0.2) is 32.6 Å². The van der Waals surface area contributed by atoms with Crippen LogP contribution in [0.25, 0.3) is 11.2 Å². The summed E-state index contributed by atoms with van der Waals surface area (Å²) in [6.07, 6.45) is 5.03. The van der Waals surface area contributed by atoms with Gasteiger partial charge in [0.1, 0.15) is 5.52 Å². The molecule has 0 saturated heterocycles. The summed E-state index contributed by atoms with van der Waals surface area (Å²) in [6, 6.07) is 0.234. The minimum atomic E-state index is -0.127. The smallest absolute Gasteiger partial charge is 0.308 e. The van der Waals surface area contributed by atoms with Crippen molar-refractivity contribution in [3.05, 3.63) is 16.8 Å². The van der Waals surface area contributed by atoms with Gasteiger partial charge in [-0.05, 0) is 37.3 Å². The van der Waals surface area contributed by atoms with E-state index in [0.717, 1.165) is 25.7 Å². The zero-order chi connectivity index (χ0) is 15.0. The highest BCUT2D eigenvalue weighted by molar-refractivity contribution is 6.35. The van der Waals surface area contributed by atoms with E-state index in [1.54, 1.807) is 6.33 Å². The van der Waals surface area contributed by atoms with Crippen LogP contribution in [0.4, 0.5) is 0 Å². The van der Waals surface area contributed by atoms with Crippen LogP contribution in [-0.2, 0) is 9.53 Å². The quantitative estimate of drug-likeness (QED) is 0.481. The van der Waals surface area contributed by atoms with Gasteiger partial charge in [-0.2, -0.15) is 4.98 Å². The molecule has 112 valence electrons. The molecule has 1 aliphatic rings. The van der Waals surface area contributed by atoms with Gasteiger partial charge in [-0.1, -0.05) is 11.6 Å². The van der Waals surface area contributed by atoms with Crippen LogP contribution in [0.15, 0.2) is 6.33 Å². The topological polar surface area (TPSA) is 69.9 Å². The maximum atomic E-state index is 11.6. The van der Waals surface area contributed by atoms with Gasteiger partial charge in [0.15, 0.2) is 10.8 Å². The molecule has 1 saturated carbocycles. The van der Waals surface area contributed by atoms with E-state index in [9.17, 15) is 4.79 Å². The van der Waals surface area contributed by atoms with Crippen LogP contribution in [0, 0.1) is 5.92 Å². The fraction of sp³-hybridized carbons (Fsp3) is 0.538. The second-order valence-corrected chi connectivity index (χ2v) is 5.83. The summed E-state index contributed by atoms with van der Waals surface area (Å²) in [5.74, 6) is -0.139. The molecule has 6 nitrogen and oxygen atoms in total. The normalized spacial score (nSPS) is 22.4. The van der Waals surface area contributed by atoms with Crippen LogP contribution < -0.4 is 0 Å². The maximum absolute atomic E-state index is 11.6. The molecule has 2 aromatic heterocycles. The molecule has 0 unspecified atom stereocenters. The van der Waals surface area contributed by atoms with Crippen LogP contribution >= 0.6 is 23.2 Å². The first-order chi connectivity index (χ1) is 10.1. The molecule has 8 heteroatoms. The minimum absolute atomic E-state index is 0.0113. The molecule has 3 rings (SSSR count). The van der Waals surface area contributed by atoms with Gasteiger partial charge in [0, 0.05) is 6.04 Å². The van der Waals surface area contributed by atoms with Crippen molar-refractivity contribution in [2.24, 2.45) is 5.92 Å². The molecule has 0 spiro atoms. The molecular weight excluding hydrogens is 315 g/mol. The van der Waals surface area contributed by atoms with Crippen molar-refractivity contribution < 1.29 is 9.53 Å². The van der Waals surface area contributed by atoms with Crippen molar-refractivity contribution in [3.63, 3.8) is 0 Å². The standard InChI is InChI=1S/C13H14Cl2N4O2/c1-21-12(20)7-2-4-8(5-3-7)19-6-16-9-10(14)17-13(15)18-11(9)19/h6-8H,2-5H2,1H3. The number of hydrogen-bond acceptors (Lipinski definition) is 5. The third-order valence-electron chi connectivity index (χ3n) is 3.98. The number of halogens is 2. The Hall–Kier alpha value is -1.40. The molecule has 21 heavy (non-hydrogen) atoms. The molecule has 0 amide bonds. The lowest BCUT2D eigenvalue weighted by Crippen LogP contribution is -2.24. The maximum Gasteiger partial charge on any atom is 0.308 e. The highest BCUT2D eigenvalue weighted by atomic mass is 35.5. The van der Waals surface area contributed by atoms with Gasteiger partial charge < -0.3 is 9.30 Å². The van der Waals surface area contributed by atoms with E-state index in [2.05, 4.69) is 15.0 Å². The average Bonchev–Trinajstić information content (AvgIpc) is 2.90. The molecule has 0 atom stereocenters. The molecule has 0 bridgehead atoms. The fourth-order valence-electron chi connectivity index (χ4n) is 2.88. The third-order valence-corrected chi connectivity index (χ3v) is 4.41. The summed E-state index contributed by atoms with van der Waals surface area (Å²) in [5.41, 5.74) is 1.19. The first kappa shape index (κ1) is 14.5. The number of rotatable bonds is 2. The summed E-state index contributed by atoms with van der Waals surface area (Å²) in [4.78, 5) is 23.9. The summed E-state index contributed by atoms with van der Waals surface area (Å²) < 4.78 is 6.78. The zero-order valence-corrected chi connectivity index (χ0v) is 12.9. The van der Waals surface area contributed by atoms with E-state index in [4.69, 9.17) is 27.9 Å². The lowest BCUT2D eigenvalue weighted by Gasteiger charge is -2.27.